The van der Waals surface area contributed by atoms with Crippen LogP contribution in [0.2, 0.25) is 0 Å². The molecule has 110 valence electrons. The monoisotopic (exact) mass is 286 g/mol. The van der Waals surface area contributed by atoms with E-state index in [0.717, 1.165) is 18.5 Å². The summed E-state index contributed by atoms with van der Waals surface area (Å²) in [4.78, 5) is 16.5. The summed E-state index contributed by atoms with van der Waals surface area (Å²) in [6, 6.07) is 5.55. The van der Waals surface area contributed by atoms with Crippen LogP contribution in [0.25, 0.3) is 5.82 Å². The fourth-order valence-corrected chi connectivity index (χ4v) is 2.27. The molecule has 1 aliphatic rings. The van der Waals surface area contributed by atoms with E-state index in [0.29, 0.717) is 17.9 Å². The number of rotatable bonds is 5. The Morgan fingerprint density at radius 3 is 2.90 bits per heavy atom. The maximum Gasteiger partial charge on any atom is 0.254 e. The van der Waals surface area contributed by atoms with Crippen molar-refractivity contribution < 1.29 is 9.90 Å². The van der Waals surface area contributed by atoms with Crippen LogP contribution in [0.15, 0.2) is 30.6 Å². The van der Waals surface area contributed by atoms with Gasteiger partial charge in [0.05, 0.1) is 24.1 Å². The number of amides is 1. The molecule has 0 saturated heterocycles. The maximum absolute atomic E-state index is 12.2. The largest absolute Gasteiger partial charge is 0.396 e. The number of hydrogen-bond acceptors (Lipinski definition) is 4. The van der Waals surface area contributed by atoms with Crippen molar-refractivity contribution in [2.24, 2.45) is 5.41 Å². The van der Waals surface area contributed by atoms with Crippen LogP contribution in [-0.2, 0) is 0 Å². The number of carbonyl (C=O) groups excluding carboxylic acids is 1. The topological polar surface area (TPSA) is 80.0 Å². The summed E-state index contributed by atoms with van der Waals surface area (Å²) in [5.74, 6) is 0.525. The molecule has 0 bridgehead atoms. The Hall–Kier alpha value is -2.21. The van der Waals surface area contributed by atoms with E-state index in [1.165, 1.54) is 0 Å². The molecule has 0 unspecified atom stereocenters. The molecule has 0 radical (unpaired) electrons. The molecule has 1 saturated carbocycles. The van der Waals surface area contributed by atoms with E-state index in [4.69, 9.17) is 0 Å². The van der Waals surface area contributed by atoms with Crippen LogP contribution in [0.1, 0.15) is 28.9 Å². The number of aliphatic hydroxyl groups is 1. The quantitative estimate of drug-likeness (QED) is 0.862. The van der Waals surface area contributed by atoms with Crippen LogP contribution < -0.4 is 5.32 Å². The van der Waals surface area contributed by atoms with Gasteiger partial charge in [-0.15, -0.1) is 0 Å². The van der Waals surface area contributed by atoms with Gasteiger partial charge in [0.1, 0.15) is 0 Å². The third-order valence-electron chi connectivity index (χ3n) is 4.04. The standard InChI is InChI=1S/C15H18N4O2/c1-11-12(14(21)17-9-15(10-20)5-6-15)8-18-19(11)13-4-2-3-7-16-13/h2-4,7-8,20H,5-6,9-10H2,1H3,(H,17,21). The van der Waals surface area contributed by atoms with E-state index in [1.54, 1.807) is 17.1 Å². The molecule has 2 aromatic rings. The van der Waals surface area contributed by atoms with Crippen molar-refractivity contribution in [1.29, 1.82) is 0 Å². The first-order valence-corrected chi connectivity index (χ1v) is 7.00. The van der Waals surface area contributed by atoms with Gasteiger partial charge in [0.2, 0.25) is 0 Å². The number of hydrogen-bond donors (Lipinski definition) is 2. The molecule has 6 heteroatoms. The Bertz CT molecular complexity index is 647. The zero-order valence-electron chi connectivity index (χ0n) is 11.9. The van der Waals surface area contributed by atoms with Gasteiger partial charge in [-0.3, -0.25) is 4.79 Å². The van der Waals surface area contributed by atoms with Gasteiger partial charge in [-0.2, -0.15) is 5.10 Å². The molecule has 2 heterocycles. The molecular weight excluding hydrogens is 268 g/mol. The predicted octanol–water partition coefficient (Wildman–Crippen LogP) is 1.08. The van der Waals surface area contributed by atoms with E-state index in [-0.39, 0.29) is 17.9 Å². The fraction of sp³-hybridized carbons (Fsp3) is 0.400. The van der Waals surface area contributed by atoms with Gasteiger partial charge in [-0.1, -0.05) is 6.07 Å². The Morgan fingerprint density at radius 2 is 2.29 bits per heavy atom. The smallest absolute Gasteiger partial charge is 0.254 e. The molecule has 0 aromatic carbocycles. The van der Waals surface area contributed by atoms with Gasteiger partial charge in [-0.25, -0.2) is 9.67 Å². The van der Waals surface area contributed by atoms with Crippen molar-refractivity contribution in [2.75, 3.05) is 13.2 Å². The summed E-state index contributed by atoms with van der Waals surface area (Å²) in [6.07, 6.45) is 5.18. The van der Waals surface area contributed by atoms with E-state index in [2.05, 4.69) is 15.4 Å². The normalized spacial score (nSPS) is 15.7. The summed E-state index contributed by atoms with van der Waals surface area (Å²) in [5.41, 5.74) is 1.19. The molecule has 21 heavy (non-hydrogen) atoms. The summed E-state index contributed by atoms with van der Waals surface area (Å²) >= 11 is 0. The molecule has 3 rings (SSSR count). The first kappa shape index (κ1) is 13.8. The van der Waals surface area contributed by atoms with Gasteiger partial charge in [0.25, 0.3) is 5.91 Å². The van der Waals surface area contributed by atoms with E-state index in [9.17, 15) is 9.90 Å². The summed E-state index contributed by atoms with van der Waals surface area (Å²) < 4.78 is 1.65. The second-order valence-corrected chi connectivity index (χ2v) is 5.58. The lowest BCUT2D eigenvalue weighted by atomic mass is 10.1. The molecule has 1 amide bonds. The Balaban J connectivity index is 1.74. The van der Waals surface area contributed by atoms with E-state index < -0.39 is 0 Å². The van der Waals surface area contributed by atoms with Gasteiger partial charge in [0, 0.05) is 18.2 Å². The van der Waals surface area contributed by atoms with Crippen molar-refractivity contribution in [2.45, 2.75) is 19.8 Å². The van der Waals surface area contributed by atoms with E-state index >= 15 is 0 Å². The fourth-order valence-electron chi connectivity index (χ4n) is 2.27. The van der Waals surface area contributed by atoms with Gasteiger partial charge in [0.15, 0.2) is 5.82 Å². The summed E-state index contributed by atoms with van der Waals surface area (Å²) in [6.45, 7) is 2.48. The first-order valence-electron chi connectivity index (χ1n) is 7.00. The molecule has 1 aliphatic carbocycles. The second kappa shape index (κ2) is 5.29. The number of aromatic nitrogens is 3. The highest BCUT2D eigenvalue weighted by atomic mass is 16.3. The van der Waals surface area contributed by atoms with Crippen LogP contribution in [0.5, 0.6) is 0 Å². The first-order chi connectivity index (χ1) is 10.2. The Labute approximate surface area is 122 Å². The van der Waals surface area contributed by atoms with E-state index in [1.807, 2.05) is 25.1 Å². The van der Waals surface area contributed by atoms with Crippen molar-refractivity contribution in [1.82, 2.24) is 20.1 Å². The minimum Gasteiger partial charge on any atom is -0.396 e. The molecule has 0 atom stereocenters. The molecular formula is C15H18N4O2. The third kappa shape index (κ3) is 2.67. The summed E-state index contributed by atoms with van der Waals surface area (Å²) in [7, 11) is 0. The van der Waals surface area contributed by atoms with Gasteiger partial charge < -0.3 is 10.4 Å². The number of nitrogens with zero attached hydrogens (tertiary/aromatic N) is 3. The Morgan fingerprint density at radius 1 is 1.48 bits per heavy atom. The van der Waals surface area contributed by atoms with Crippen LogP contribution in [0.4, 0.5) is 0 Å². The van der Waals surface area contributed by atoms with Crippen LogP contribution in [0, 0.1) is 12.3 Å². The Kier molecular flexibility index (Phi) is 3.47. The van der Waals surface area contributed by atoms with Crippen molar-refractivity contribution >= 4 is 5.91 Å². The molecule has 0 aliphatic heterocycles. The van der Waals surface area contributed by atoms with Crippen LogP contribution in [-0.4, -0.2) is 38.9 Å². The SMILES string of the molecule is Cc1c(C(=O)NCC2(CO)CC2)cnn1-c1ccccn1. The lowest BCUT2D eigenvalue weighted by molar-refractivity contribution is 0.0934. The number of aliphatic hydroxyl groups excluding tert-OH is 1. The lowest BCUT2D eigenvalue weighted by Crippen LogP contribution is -2.32. The molecule has 2 aromatic heterocycles. The molecule has 2 N–H and O–H groups in total. The highest BCUT2D eigenvalue weighted by Gasteiger charge is 2.42. The average molecular weight is 286 g/mol. The second-order valence-electron chi connectivity index (χ2n) is 5.58. The highest BCUT2D eigenvalue weighted by Crippen LogP contribution is 2.44. The summed E-state index contributed by atoms with van der Waals surface area (Å²) in [5, 5.41) is 16.4. The van der Waals surface area contributed by atoms with Crippen molar-refractivity contribution in [3.63, 3.8) is 0 Å². The molecule has 6 nitrogen and oxygen atoms in total. The van der Waals surface area contributed by atoms with Crippen molar-refractivity contribution in [3.05, 3.63) is 41.9 Å². The minimum absolute atomic E-state index is 0.0967. The molecule has 1 fully saturated rings. The number of pyridine rings is 1. The van der Waals surface area contributed by atoms with Crippen LogP contribution >= 0.6 is 0 Å². The van der Waals surface area contributed by atoms with Gasteiger partial charge >= 0.3 is 0 Å². The number of nitrogens with one attached hydrogen (secondary N) is 1. The predicted molar refractivity (Wildman–Crippen MR) is 77.2 cm³/mol. The molecule has 0 spiro atoms. The lowest BCUT2D eigenvalue weighted by Gasteiger charge is -2.12. The minimum atomic E-state index is -0.158. The van der Waals surface area contributed by atoms with Crippen LogP contribution in [0.3, 0.4) is 0 Å². The third-order valence-corrected chi connectivity index (χ3v) is 4.04. The van der Waals surface area contributed by atoms with Crippen molar-refractivity contribution in [3.8, 4) is 5.82 Å². The average Bonchev–Trinajstić information content (AvgIpc) is 3.21. The zero-order valence-corrected chi connectivity index (χ0v) is 11.9. The number of carbonyl (C=O) groups is 1. The zero-order chi connectivity index (χ0) is 14.9. The maximum atomic E-state index is 12.2. The highest BCUT2D eigenvalue weighted by molar-refractivity contribution is 5.95. The van der Waals surface area contributed by atoms with Gasteiger partial charge in [-0.05, 0) is 31.9 Å².